The van der Waals surface area contributed by atoms with Crippen LogP contribution in [-0.4, -0.2) is 68.3 Å². The Labute approximate surface area is 245 Å². The largest absolute Gasteiger partial charge is 0.434 e. The van der Waals surface area contributed by atoms with Crippen LogP contribution in [-0.2, 0) is 0 Å². The summed E-state index contributed by atoms with van der Waals surface area (Å²) in [5.74, 6) is 3.37. The summed E-state index contributed by atoms with van der Waals surface area (Å²) < 4.78 is 20.9. The number of benzene rings is 1. The number of hydrogen-bond donors (Lipinski definition) is 1. The van der Waals surface area contributed by atoms with Crippen molar-refractivity contribution in [1.82, 2.24) is 30.0 Å². The van der Waals surface area contributed by atoms with Gasteiger partial charge in [0.25, 0.3) is 5.88 Å². The topological polar surface area (TPSA) is 106 Å². The van der Waals surface area contributed by atoms with E-state index in [9.17, 15) is 4.39 Å². The van der Waals surface area contributed by atoms with Crippen LogP contribution in [0.25, 0.3) is 11.1 Å². The molecule has 0 radical (unpaired) electrons. The second kappa shape index (κ2) is 9.13. The van der Waals surface area contributed by atoms with Crippen molar-refractivity contribution in [3.8, 4) is 22.8 Å². The maximum absolute atomic E-state index is 14.5. The zero-order valence-electron chi connectivity index (χ0n) is 23.8. The molecule has 2 N–H and O–H groups in total. The van der Waals surface area contributed by atoms with E-state index in [0.29, 0.717) is 40.4 Å². The normalized spacial score (nSPS) is 31.6. The number of aromatic nitrogens is 5. The first-order valence-electron chi connectivity index (χ1n) is 15.7. The van der Waals surface area contributed by atoms with E-state index in [0.717, 1.165) is 74.6 Å². The predicted molar refractivity (Wildman–Crippen MR) is 154 cm³/mol. The molecule has 7 aliphatic rings. The van der Waals surface area contributed by atoms with Gasteiger partial charge in [0, 0.05) is 66.9 Å². The Morgan fingerprint density at radius 1 is 1.02 bits per heavy atom. The zero-order valence-corrected chi connectivity index (χ0v) is 23.8. The van der Waals surface area contributed by atoms with Crippen LogP contribution >= 0.6 is 0 Å². The highest BCUT2D eigenvalue weighted by atomic mass is 19.1. The highest BCUT2D eigenvalue weighted by Crippen LogP contribution is 2.70. The van der Waals surface area contributed by atoms with Crippen molar-refractivity contribution >= 4 is 5.82 Å². The van der Waals surface area contributed by atoms with Gasteiger partial charge in [-0.3, -0.25) is 4.90 Å². The van der Waals surface area contributed by atoms with Crippen LogP contribution in [0.15, 0.2) is 37.1 Å². The van der Waals surface area contributed by atoms with Crippen LogP contribution in [0.2, 0.25) is 0 Å². The molecule has 5 aliphatic carbocycles. The van der Waals surface area contributed by atoms with E-state index < -0.39 is 0 Å². The number of nitrogens with two attached hydrogens (primary N) is 1. The van der Waals surface area contributed by atoms with Crippen molar-refractivity contribution in [2.45, 2.75) is 69.4 Å². The van der Waals surface area contributed by atoms with E-state index in [-0.39, 0.29) is 11.2 Å². The number of rotatable bonds is 8. The second-order valence-electron chi connectivity index (χ2n) is 14.3. The summed E-state index contributed by atoms with van der Waals surface area (Å²) in [5, 5.41) is 8.42. The Bertz CT molecular complexity index is 1520. The lowest BCUT2D eigenvalue weighted by Gasteiger charge is -2.72. The highest BCUT2D eigenvalue weighted by molar-refractivity contribution is 5.73. The van der Waals surface area contributed by atoms with E-state index in [1.165, 1.54) is 50.6 Å². The van der Waals surface area contributed by atoms with Gasteiger partial charge in [-0.05, 0) is 86.8 Å². The fourth-order valence-electron chi connectivity index (χ4n) is 9.12. The molecule has 1 unspecified atom stereocenters. The minimum Gasteiger partial charge on any atom is -0.434 e. The molecule has 4 heterocycles. The van der Waals surface area contributed by atoms with Crippen LogP contribution in [0.3, 0.4) is 0 Å². The average Bonchev–Trinajstić information content (AvgIpc) is 3.67. The van der Waals surface area contributed by atoms with E-state index in [1.807, 2.05) is 0 Å². The van der Waals surface area contributed by atoms with Gasteiger partial charge < -0.3 is 15.4 Å². The summed E-state index contributed by atoms with van der Waals surface area (Å²) in [6.45, 7) is 4.14. The Balaban J connectivity index is 0.946. The maximum atomic E-state index is 14.5. The van der Waals surface area contributed by atoms with E-state index in [4.69, 9.17) is 10.5 Å². The molecular formula is C32H37FN8O. The lowest BCUT2D eigenvalue weighted by atomic mass is 9.39. The lowest BCUT2D eigenvalue weighted by Crippen LogP contribution is -2.73. The molecule has 1 atom stereocenters. The molecule has 2 saturated heterocycles. The first-order chi connectivity index (χ1) is 20.5. The van der Waals surface area contributed by atoms with Gasteiger partial charge in [0.15, 0.2) is 5.82 Å². The quantitative estimate of drug-likeness (QED) is 0.419. The monoisotopic (exact) mass is 568 g/mol. The Kier molecular flexibility index (Phi) is 5.49. The first-order valence-corrected chi connectivity index (χ1v) is 15.7. The van der Waals surface area contributed by atoms with Crippen molar-refractivity contribution in [3.63, 3.8) is 0 Å². The van der Waals surface area contributed by atoms with Crippen molar-refractivity contribution in [1.29, 1.82) is 0 Å². The van der Waals surface area contributed by atoms with Gasteiger partial charge in [-0.15, -0.1) is 10.2 Å². The number of hydrogen-bond acceptors (Lipinski definition) is 9. The molecular weight excluding hydrogens is 531 g/mol. The third kappa shape index (κ3) is 3.97. The van der Waals surface area contributed by atoms with Crippen LogP contribution < -0.4 is 15.4 Å². The smallest absolute Gasteiger partial charge is 0.282 e. The summed E-state index contributed by atoms with van der Waals surface area (Å²) >= 11 is 0. The zero-order chi connectivity index (χ0) is 28.1. The Morgan fingerprint density at radius 2 is 1.86 bits per heavy atom. The van der Waals surface area contributed by atoms with Gasteiger partial charge in [0.1, 0.15) is 24.2 Å². The highest BCUT2D eigenvalue weighted by Gasteiger charge is 2.66. The molecule has 9 nitrogen and oxygen atoms in total. The van der Waals surface area contributed by atoms with Crippen molar-refractivity contribution in [2.75, 3.05) is 31.1 Å². The molecule has 0 amide bonds. The lowest BCUT2D eigenvalue weighted by molar-refractivity contribution is -0.213. The summed E-state index contributed by atoms with van der Waals surface area (Å²) in [5.41, 5.74) is 9.47. The molecule has 218 valence electrons. The van der Waals surface area contributed by atoms with E-state index >= 15 is 0 Å². The minimum absolute atomic E-state index is 0.275. The minimum atomic E-state index is -0.336. The molecule has 3 aromatic rings. The molecule has 10 rings (SSSR count). The van der Waals surface area contributed by atoms with Gasteiger partial charge in [-0.25, -0.2) is 19.3 Å². The number of halogens is 1. The molecule has 7 fully saturated rings. The standard InChI is InChI=1S/C32H37FN8O/c33-22-3-4-26(24(9-22)25-13-35-17-36-27(25)20-1-2-20)42-30-29(37-18-38-39-30)40-6-5-31(14-40)15-41(16-31)28(21-7-23(34)8-21)32-10-19(11-32)12-32/h3-4,9,13,17-21,23,28H,1-2,5-8,10-12,14-16,34H2. The number of ether oxygens (including phenoxy) is 1. The summed E-state index contributed by atoms with van der Waals surface area (Å²) in [7, 11) is 0. The Hall–Kier alpha value is -3.24. The molecule has 10 heteroatoms. The molecule has 2 aromatic heterocycles. The van der Waals surface area contributed by atoms with Crippen LogP contribution in [0.4, 0.5) is 10.2 Å². The van der Waals surface area contributed by atoms with Crippen molar-refractivity contribution < 1.29 is 9.13 Å². The average molecular weight is 569 g/mol. The summed E-state index contributed by atoms with van der Waals surface area (Å²) in [4.78, 5) is 18.5. The van der Waals surface area contributed by atoms with E-state index in [2.05, 4.69) is 34.9 Å². The first kappa shape index (κ1) is 25.3. The third-order valence-electron chi connectivity index (χ3n) is 11.3. The molecule has 2 aliphatic heterocycles. The van der Waals surface area contributed by atoms with E-state index in [1.54, 1.807) is 18.6 Å². The fraction of sp³-hybridized carbons (Fsp3) is 0.594. The number of likely N-dealkylation sites (tertiary alicyclic amines) is 1. The van der Waals surface area contributed by atoms with Gasteiger partial charge in [-0.2, -0.15) is 0 Å². The Morgan fingerprint density at radius 3 is 2.60 bits per heavy atom. The van der Waals surface area contributed by atoms with Gasteiger partial charge in [-0.1, -0.05) is 0 Å². The molecule has 2 bridgehead atoms. The van der Waals surface area contributed by atoms with Crippen molar-refractivity contribution in [3.05, 3.63) is 48.6 Å². The summed E-state index contributed by atoms with van der Waals surface area (Å²) in [6.07, 6.45) is 14.8. The second-order valence-corrected chi connectivity index (χ2v) is 14.3. The SMILES string of the molecule is NC1CC(C(N2CC3(CCN(c4ncnnc4Oc4ccc(F)cc4-c4cncnc4C4CC4)C3)C2)C23CC(C2)C3)C1. The number of nitrogens with zero attached hydrogens (tertiary/aromatic N) is 7. The van der Waals surface area contributed by atoms with Crippen LogP contribution in [0.5, 0.6) is 11.6 Å². The molecule has 1 spiro atoms. The van der Waals surface area contributed by atoms with Gasteiger partial charge in [0.05, 0.1) is 5.69 Å². The molecule has 42 heavy (non-hydrogen) atoms. The van der Waals surface area contributed by atoms with Crippen LogP contribution in [0, 0.1) is 28.5 Å². The van der Waals surface area contributed by atoms with Crippen LogP contribution in [0.1, 0.15) is 63.0 Å². The van der Waals surface area contributed by atoms with Gasteiger partial charge in [0.2, 0.25) is 0 Å². The fourth-order valence-corrected chi connectivity index (χ4v) is 9.12. The third-order valence-corrected chi connectivity index (χ3v) is 11.3. The molecule has 1 aromatic carbocycles. The molecule has 5 saturated carbocycles. The van der Waals surface area contributed by atoms with Gasteiger partial charge >= 0.3 is 0 Å². The number of anilines is 1. The summed E-state index contributed by atoms with van der Waals surface area (Å²) in [6, 6.07) is 5.69. The van der Waals surface area contributed by atoms with Crippen molar-refractivity contribution in [2.24, 2.45) is 28.4 Å². The maximum Gasteiger partial charge on any atom is 0.282 e. The predicted octanol–water partition coefficient (Wildman–Crippen LogP) is 4.56.